The maximum Gasteiger partial charge on any atom is 0.324 e. The van der Waals surface area contributed by atoms with Crippen LogP contribution in [0.25, 0.3) is 11.3 Å². The van der Waals surface area contributed by atoms with E-state index in [2.05, 4.69) is 20.7 Å². The molecule has 7 rings (SSSR count). The molecule has 1 aromatic carbocycles. The van der Waals surface area contributed by atoms with Crippen LogP contribution < -0.4 is 20.3 Å². The molecule has 2 atom stereocenters. The number of hydrogen-bond donors (Lipinski definition) is 2. The molecule has 3 aromatic rings. The number of carbonyl (C=O) groups excluding carboxylic acids is 2. The Balaban J connectivity index is 1.26. The van der Waals surface area contributed by atoms with Crippen LogP contribution in [0, 0.1) is 0 Å². The van der Waals surface area contributed by atoms with Gasteiger partial charge in [0.05, 0.1) is 24.4 Å². The maximum atomic E-state index is 14.4. The van der Waals surface area contributed by atoms with Gasteiger partial charge in [-0.05, 0) is 51.7 Å². The van der Waals surface area contributed by atoms with Gasteiger partial charge in [-0.2, -0.15) is 4.98 Å². The zero-order valence-corrected chi connectivity index (χ0v) is 24.2. The average Bonchev–Trinajstić information content (AvgIpc) is 3.61. The van der Waals surface area contributed by atoms with Crippen LogP contribution in [0.4, 0.5) is 22.2 Å². The fraction of sp³-hybridized carbons (Fsp3) is 0.500. The van der Waals surface area contributed by atoms with Crippen molar-refractivity contribution in [2.24, 2.45) is 0 Å². The van der Waals surface area contributed by atoms with Crippen LogP contribution in [-0.2, 0) is 9.47 Å². The summed E-state index contributed by atoms with van der Waals surface area (Å²) in [5.41, 5.74) is 1.44. The van der Waals surface area contributed by atoms with Gasteiger partial charge in [-0.25, -0.2) is 9.78 Å². The predicted molar refractivity (Wildman–Crippen MR) is 156 cm³/mol. The molecule has 0 spiro atoms. The van der Waals surface area contributed by atoms with Crippen LogP contribution in [0.15, 0.2) is 41.1 Å². The minimum Gasteiger partial charge on any atom is -0.469 e. The first-order chi connectivity index (χ1) is 20.8. The van der Waals surface area contributed by atoms with Gasteiger partial charge in [0, 0.05) is 49.7 Å². The molecule has 2 aromatic heterocycles. The molecule has 3 amide bonds. The molecule has 3 fully saturated rings. The first-order valence-electron chi connectivity index (χ1n) is 14.8. The van der Waals surface area contributed by atoms with Crippen molar-refractivity contribution in [3.05, 3.63) is 42.2 Å². The zero-order valence-electron chi connectivity index (χ0n) is 24.2. The van der Waals surface area contributed by atoms with Gasteiger partial charge in [0.25, 0.3) is 5.91 Å². The number of nitrogens with zero attached hydrogens (tertiary/aromatic N) is 5. The first-order valence-corrected chi connectivity index (χ1v) is 14.8. The van der Waals surface area contributed by atoms with E-state index in [1.54, 1.807) is 18.2 Å². The van der Waals surface area contributed by atoms with Gasteiger partial charge >= 0.3 is 6.03 Å². The summed E-state index contributed by atoms with van der Waals surface area (Å²) in [6, 6.07) is 8.33. The van der Waals surface area contributed by atoms with E-state index in [1.165, 1.54) is 6.26 Å². The van der Waals surface area contributed by atoms with E-state index >= 15 is 0 Å². The number of morpholine rings is 1. The number of rotatable bonds is 5. The van der Waals surface area contributed by atoms with Crippen LogP contribution in [0.1, 0.15) is 49.9 Å². The minimum absolute atomic E-state index is 0.0345. The van der Waals surface area contributed by atoms with Gasteiger partial charge in [0.1, 0.15) is 17.4 Å². The van der Waals surface area contributed by atoms with Crippen LogP contribution in [-0.4, -0.2) is 88.7 Å². The summed E-state index contributed by atoms with van der Waals surface area (Å²) in [7, 11) is 0. The number of nitrogens with one attached hydrogen (secondary N) is 2. The Kier molecular flexibility index (Phi) is 7.14. The molecule has 4 aliphatic heterocycles. The number of fused-ring (bicyclic) bond motifs is 3. The van der Waals surface area contributed by atoms with E-state index in [9.17, 15) is 9.59 Å². The number of carbonyl (C=O) groups is 2. The van der Waals surface area contributed by atoms with E-state index in [4.69, 9.17) is 28.7 Å². The highest BCUT2D eigenvalue weighted by Gasteiger charge is 2.42. The molecule has 0 radical (unpaired) electrons. The molecule has 43 heavy (non-hydrogen) atoms. The molecule has 4 aliphatic rings. The number of urea groups is 1. The molecule has 2 N–H and O–H groups in total. The minimum atomic E-state index is -0.670. The second-order valence-corrected chi connectivity index (χ2v) is 12.1. The van der Waals surface area contributed by atoms with Crippen molar-refractivity contribution < 1.29 is 28.3 Å². The average molecular weight is 590 g/mol. The highest BCUT2D eigenvalue weighted by atomic mass is 16.5. The lowest BCUT2D eigenvalue weighted by atomic mass is 10.0. The van der Waals surface area contributed by atoms with E-state index < -0.39 is 11.6 Å². The molecule has 6 heterocycles. The molecule has 3 saturated heterocycles. The molecular formula is C30H35N7O6. The fourth-order valence-electron chi connectivity index (χ4n) is 6.30. The molecule has 2 unspecified atom stereocenters. The van der Waals surface area contributed by atoms with Gasteiger partial charge in [0.2, 0.25) is 11.8 Å². The van der Waals surface area contributed by atoms with Crippen molar-refractivity contribution in [2.45, 2.75) is 63.4 Å². The van der Waals surface area contributed by atoms with Crippen LogP contribution in [0.3, 0.4) is 0 Å². The second-order valence-electron chi connectivity index (χ2n) is 12.1. The Morgan fingerprint density at radius 3 is 2.42 bits per heavy atom. The molecule has 226 valence electrons. The molecule has 2 bridgehead atoms. The van der Waals surface area contributed by atoms with Crippen molar-refractivity contribution in [3.63, 3.8) is 0 Å². The van der Waals surface area contributed by atoms with Crippen molar-refractivity contribution in [1.82, 2.24) is 20.0 Å². The maximum absolute atomic E-state index is 14.4. The fourth-order valence-corrected chi connectivity index (χ4v) is 6.30. The number of aromatic nitrogens is 3. The lowest BCUT2D eigenvalue weighted by Crippen LogP contribution is -2.49. The molecule has 13 heteroatoms. The summed E-state index contributed by atoms with van der Waals surface area (Å²) in [5.74, 6) is 0.964. The second kappa shape index (κ2) is 11.1. The summed E-state index contributed by atoms with van der Waals surface area (Å²) in [5, 5.41) is 9.07. The number of ether oxygens (including phenoxy) is 3. The molecule has 13 nitrogen and oxygen atoms in total. The van der Waals surface area contributed by atoms with Crippen LogP contribution in [0.5, 0.6) is 5.88 Å². The van der Waals surface area contributed by atoms with E-state index in [-0.39, 0.29) is 30.0 Å². The summed E-state index contributed by atoms with van der Waals surface area (Å²) in [6.07, 6.45) is 5.21. The Labute approximate surface area is 248 Å². The lowest BCUT2D eigenvalue weighted by molar-refractivity contribution is 0.00668. The summed E-state index contributed by atoms with van der Waals surface area (Å²) < 4.78 is 23.0. The van der Waals surface area contributed by atoms with E-state index in [0.29, 0.717) is 67.1 Å². The smallest absolute Gasteiger partial charge is 0.324 e. The summed E-state index contributed by atoms with van der Waals surface area (Å²) in [6.45, 7) is 7.00. The Morgan fingerprint density at radius 2 is 1.72 bits per heavy atom. The quantitative estimate of drug-likeness (QED) is 0.449. The van der Waals surface area contributed by atoms with Crippen molar-refractivity contribution in [2.75, 3.05) is 48.4 Å². The third-order valence-corrected chi connectivity index (χ3v) is 8.32. The Bertz CT molecular complexity index is 1480. The first kappa shape index (κ1) is 27.6. The van der Waals surface area contributed by atoms with Gasteiger partial charge in [-0.1, -0.05) is 17.3 Å². The molecule has 0 aliphatic carbocycles. The van der Waals surface area contributed by atoms with E-state index in [1.807, 2.05) is 30.9 Å². The summed E-state index contributed by atoms with van der Waals surface area (Å²) in [4.78, 5) is 40.8. The van der Waals surface area contributed by atoms with Gasteiger partial charge in [-0.3, -0.25) is 10.1 Å². The summed E-state index contributed by atoms with van der Waals surface area (Å²) >= 11 is 0. The van der Waals surface area contributed by atoms with Crippen molar-refractivity contribution >= 4 is 29.4 Å². The van der Waals surface area contributed by atoms with Gasteiger partial charge < -0.3 is 33.9 Å². The Hall–Kier alpha value is -4.23. The van der Waals surface area contributed by atoms with Crippen molar-refractivity contribution in [1.29, 1.82) is 0 Å². The Morgan fingerprint density at radius 1 is 0.977 bits per heavy atom. The number of anilines is 3. The monoisotopic (exact) mass is 589 g/mol. The third kappa shape index (κ3) is 5.74. The van der Waals surface area contributed by atoms with Gasteiger partial charge in [-0.15, -0.1) is 0 Å². The normalized spacial score (nSPS) is 23.3. The van der Waals surface area contributed by atoms with Crippen LogP contribution in [0.2, 0.25) is 0 Å². The predicted octanol–water partition coefficient (Wildman–Crippen LogP) is 3.94. The van der Waals surface area contributed by atoms with Crippen molar-refractivity contribution in [3.8, 4) is 17.1 Å². The molecular weight excluding hydrogens is 554 g/mol. The highest BCUT2D eigenvalue weighted by molar-refractivity contribution is 6.03. The standard InChI is InChI=1S/C30H35N7O6/c1-30(2)17-37(20-9-12-40-13-10-20)27(38)24-25(18-3-5-19(6-4-18)31-29(39)32-23-11-14-41-35-23)33-28(34-26(24)43-30)36-15-21-7-8-22(16-36)42-21/h3-6,11,14,20-22H,7-10,12-13,15-17H2,1-2H3,(H2,31,32,35,39). The lowest BCUT2D eigenvalue weighted by Gasteiger charge is -2.36. The number of hydrogen-bond acceptors (Lipinski definition) is 10. The highest BCUT2D eigenvalue weighted by Crippen LogP contribution is 2.39. The number of benzene rings is 1. The third-order valence-electron chi connectivity index (χ3n) is 8.32. The SMILES string of the molecule is CC1(C)CN(C2CCOCC2)C(=O)c2c(nc(N3CC4CCC(C3)O4)nc2-c2ccc(NC(=O)Nc3ccon3)cc2)O1. The number of amides is 3. The largest absolute Gasteiger partial charge is 0.469 e. The van der Waals surface area contributed by atoms with Crippen LogP contribution >= 0.6 is 0 Å². The van der Waals surface area contributed by atoms with E-state index in [0.717, 1.165) is 25.7 Å². The zero-order chi connectivity index (χ0) is 29.6. The topological polar surface area (TPSA) is 144 Å². The molecule has 0 saturated carbocycles. The van der Waals surface area contributed by atoms with Gasteiger partial charge in [0.15, 0.2) is 5.82 Å².